The fourth-order valence-corrected chi connectivity index (χ4v) is 2.44. The van der Waals surface area contributed by atoms with Gasteiger partial charge in [-0.2, -0.15) is 0 Å². The summed E-state index contributed by atoms with van der Waals surface area (Å²) in [6, 6.07) is 8.89. The van der Waals surface area contributed by atoms with Crippen molar-refractivity contribution in [1.82, 2.24) is 5.32 Å². The number of unbranched alkanes of at least 4 members (excludes halogenated alkanes) is 1. The summed E-state index contributed by atoms with van der Waals surface area (Å²) in [5, 5.41) is 3.58. The van der Waals surface area contributed by atoms with Crippen molar-refractivity contribution < 1.29 is 9.47 Å². The highest BCUT2D eigenvalue weighted by Crippen LogP contribution is 2.26. The van der Waals surface area contributed by atoms with Gasteiger partial charge in [-0.3, -0.25) is 0 Å². The third-order valence-electron chi connectivity index (χ3n) is 3.78. The van der Waals surface area contributed by atoms with Crippen LogP contribution >= 0.6 is 0 Å². The smallest absolute Gasteiger partial charge is 0.119 e. The number of methoxy groups -OCH3 is 1. The molecule has 0 amide bonds. The molecular weight excluding hydrogens is 262 g/mol. The third-order valence-corrected chi connectivity index (χ3v) is 3.78. The SMILES string of the molecule is CCCCOc1ccc(C(NCC)C(C)CCOC)cc1. The van der Waals surface area contributed by atoms with Crippen LogP contribution in [0.25, 0.3) is 0 Å². The van der Waals surface area contributed by atoms with E-state index < -0.39 is 0 Å². The molecule has 0 saturated heterocycles. The fraction of sp³-hybridized carbons (Fsp3) is 0.667. The first kappa shape index (κ1) is 18.0. The van der Waals surface area contributed by atoms with Crippen molar-refractivity contribution in [2.24, 2.45) is 5.92 Å². The van der Waals surface area contributed by atoms with E-state index in [1.54, 1.807) is 7.11 Å². The zero-order valence-electron chi connectivity index (χ0n) is 14.0. The molecular formula is C18H31NO2. The molecule has 1 N–H and O–H groups in total. The molecule has 0 fully saturated rings. The highest BCUT2D eigenvalue weighted by atomic mass is 16.5. The Labute approximate surface area is 130 Å². The Morgan fingerprint density at radius 1 is 1.10 bits per heavy atom. The van der Waals surface area contributed by atoms with Gasteiger partial charge < -0.3 is 14.8 Å². The fourth-order valence-electron chi connectivity index (χ4n) is 2.44. The number of hydrogen-bond acceptors (Lipinski definition) is 3. The summed E-state index contributed by atoms with van der Waals surface area (Å²) in [6.07, 6.45) is 3.33. The summed E-state index contributed by atoms with van der Waals surface area (Å²) >= 11 is 0. The minimum Gasteiger partial charge on any atom is -0.494 e. The van der Waals surface area contributed by atoms with Gasteiger partial charge in [0.15, 0.2) is 0 Å². The quantitative estimate of drug-likeness (QED) is 0.621. The van der Waals surface area contributed by atoms with E-state index in [2.05, 4.69) is 50.4 Å². The normalized spacial score (nSPS) is 13.9. The Balaban J connectivity index is 2.65. The molecule has 1 aromatic rings. The second kappa shape index (κ2) is 10.6. The Kier molecular flexibility index (Phi) is 9.11. The minimum atomic E-state index is 0.370. The summed E-state index contributed by atoms with van der Waals surface area (Å²) in [5.41, 5.74) is 1.32. The summed E-state index contributed by atoms with van der Waals surface area (Å²) < 4.78 is 10.9. The van der Waals surface area contributed by atoms with Crippen molar-refractivity contribution in [1.29, 1.82) is 0 Å². The van der Waals surface area contributed by atoms with Gasteiger partial charge in [-0.15, -0.1) is 0 Å². The van der Waals surface area contributed by atoms with E-state index >= 15 is 0 Å². The summed E-state index contributed by atoms with van der Waals surface area (Å²) in [5.74, 6) is 1.50. The van der Waals surface area contributed by atoms with Crippen LogP contribution in [0, 0.1) is 5.92 Å². The van der Waals surface area contributed by atoms with Crippen molar-refractivity contribution in [3.63, 3.8) is 0 Å². The topological polar surface area (TPSA) is 30.5 Å². The number of hydrogen-bond donors (Lipinski definition) is 1. The lowest BCUT2D eigenvalue weighted by Crippen LogP contribution is -2.27. The second-order valence-electron chi connectivity index (χ2n) is 5.57. The lowest BCUT2D eigenvalue weighted by molar-refractivity contribution is 0.170. The molecule has 21 heavy (non-hydrogen) atoms. The van der Waals surface area contributed by atoms with Crippen LogP contribution in [0.2, 0.25) is 0 Å². The minimum absolute atomic E-state index is 0.370. The van der Waals surface area contributed by atoms with Gasteiger partial charge in [0.05, 0.1) is 6.61 Å². The van der Waals surface area contributed by atoms with Crippen molar-refractivity contribution in [2.75, 3.05) is 26.9 Å². The monoisotopic (exact) mass is 293 g/mol. The lowest BCUT2D eigenvalue weighted by atomic mass is 9.92. The van der Waals surface area contributed by atoms with E-state index in [1.807, 2.05) is 0 Å². The first-order chi connectivity index (χ1) is 10.2. The predicted molar refractivity (Wildman–Crippen MR) is 88.9 cm³/mol. The standard InChI is InChI=1S/C18H31NO2/c1-5-7-13-21-17-10-8-16(9-11-17)18(19-6-2)15(3)12-14-20-4/h8-11,15,18-19H,5-7,12-14H2,1-4H3. The maximum absolute atomic E-state index is 5.73. The first-order valence-electron chi connectivity index (χ1n) is 8.18. The summed E-state index contributed by atoms with van der Waals surface area (Å²) in [4.78, 5) is 0. The van der Waals surface area contributed by atoms with Crippen LogP contribution in [-0.4, -0.2) is 26.9 Å². The van der Waals surface area contributed by atoms with Crippen LogP contribution < -0.4 is 10.1 Å². The second-order valence-corrected chi connectivity index (χ2v) is 5.57. The van der Waals surface area contributed by atoms with Crippen molar-refractivity contribution in [3.05, 3.63) is 29.8 Å². The highest BCUT2D eigenvalue weighted by molar-refractivity contribution is 5.29. The molecule has 1 rings (SSSR count). The van der Waals surface area contributed by atoms with E-state index in [9.17, 15) is 0 Å². The molecule has 3 heteroatoms. The van der Waals surface area contributed by atoms with Crippen LogP contribution in [0.3, 0.4) is 0 Å². The number of ether oxygens (including phenoxy) is 2. The molecule has 0 radical (unpaired) electrons. The molecule has 2 atom stereocenters. The molecule has 0 aromatic heterocycles. The Bertz CT molecular complexity index is 364. The van der Waals surface area contributed by atoms with Crippen LogP contribution in [0.15, 0.2) is 24.3 Å². The van der Waals surface area contributed by atoms with Crippen LogP contribution in [0.5, 0.6) is 5.75 Å². The molecule has 1 aromatic carbocycles. The average molecular weight is 293 g/mol. The van der Waals surface area contributed by atoms with Crippen molar-refractivity contribution in [2.45, 2.75) is 46.1 Å². The molecule has 120 valence electrons. The maximum Gasteiger partial charge on any atom is 0.119 e. The van der Waals surface area contributed by atoms with Gasteiger partial charge >= 0.3 is 0 Å². The molecule has 0 aliphatic carbocycles. The molecule has 3 nitrogen and oxygen atoms in total. The van der Waals surface area contributed by atoms with Crippen LogP contribution in [0.4, 0.5) is 0 Å². The van der Waals surface area contributed by atoms with E-state index in [4.69, 9.17) is 9.47 Å². The molecule has 0 spiro atoms. The van der Waals surface area contributed by atoms with E-state index in [-0.39, 0.29) is 0 Å². The average Bonchev–Trinajstić information content (AvgIpc) is 2.51. The molecule has 0 aliphatic rings. The van der Waals surface area contributed by atoms with Gasteiger partial charge in [0, 0.05) is 19.8 Å². The zero-order chi connectivity index (χ0) is 15.5. The van der Waals surface area contributed by atoms with Crippen LogP contribution in [0.1, 0.15) is 51.6 Å². The van der Waals surface area contributed by atoms with Gasteiger partial charge in [-0.1, -0.05) is 39.3 Å². The summed E-state index contributed by atoms with van der Waals surface area (Å²) in [7, 11) is 1.76. The third kappa shape index (κ3) is 6.49. The van der Waals surface area contributed by atoms with E-state index in [1.165, 1.54) is 5.56 Å². The Morgan fingerprint density at radius 2 is 1.81 bits per heavy atom. The van der Waals surface area contributed by atoms with Crippen molar-refractivity contribution >= 4 is 0 Å². The number of rotatable bonds is 11. The largest absolute Gasteiger partial charge is 0.494 e. The Morgan fingerprint density at radius 3 is 2.38 bits per heavy atom. The van der Waals surface area contributed by atoms with Gasteiger partial charge in [0.25, 0.3) is 0 Å². The molecule has 0 saturated carbocycles. The van der Waals surface area contributed by atoms with Crippen LogP contribution in [-0.2, 0) is 4.74 Å². The number of nitrogens with one attached hydrogen (secondary N) is 1. The maximum atomic E-state index is 5.73. The summed E-state index contributed by atoms with van der Waals surface area (Å²) in [6.45, 7) is 9.18. The van der Waals surface area contributed by atoms with Gasteiger partial charge in [-0.25, -0.2) is 0 Å². The van der Waals surface area contributed by atoms with Crippen molar-refractivity contribution in [3.8, 4) is 5.75 Å². The van der Waals surface area contributed by atoms with Gasteiger partial charge in [0.2, 0.25) is 0 Å². The molecule has 2 unspecified atom stereocenters. The zero-order valence-corrected chi connectivity index (χ0v) is 14.0. The highest BCUT2D eigenvalue weighted by Gasteiger charge is 2.18. The van der Waals surface area contributed by atoms with Gasteiger partial charge in [-0.05, 0) is 43.0 Å². The molecule has 0 bridgehead atoms. The van der Waals surface area contributed by atoms with Gasteiger partial charge in [0.1, 0.15) is 5.75 Å². The molecule has 0 heterocycles. The van der Waals surface area contributed by atoms with E-state index in [0.29, 0.717) is 12.0 Å². The number of benzene rings is 1. The van der Waals surface area contributed by atoms with E-state index in [0.717, 1.165) is 44.8 Å². The Hall–Kier alpha value is -1.06. The molecule has 0 aliphatic heterocycles. The lowest BCUT2D eigenvalue weighted by Gasteiger charge is -2.25. The first-order valence-corrected chi connectivity index (χ1v) is 8.18. The predicted octanol–water partition coefficient (Wildman–Crippen LogP) is 4.19.